The first-order chi connectivity index (χ1) is 8.84. The van der Waals surface area contributed by atoms with Gasteiger partial charge in [0.15, 0.2) is 0 Å². The van der Waals surface area contributed by atoms with Crippen molar-refractivity contribution in [2.24, 2.45) is 0 Å². The van der Waals surface area contributed by atoms with E-state index in [-0.39, 0.29) is 0 Å². The van der Waals surface area contributed by atoms with E-state index in [1.54, 1.807) is 12.4 Å². The Morgan fingerprint density at radius 1 is 0.944 bits per heavy atom. The number of hydrogen-bond donors (Lipinski definition) is 0. The second-order valence-electron chi connectivity index (χ2n) is 3.63. The van der Waals surface area contributed by atoms with Crippen LogP contribution in [0.15, 0.2) is 48.8 Å². The minimum atomic E-state index is 0.686. The molecule has 0 fully saturated rings. The van der Waals surface area contributed by atoms with Crippen LogP contribution in [0.25, 0.3) is 21.1 Å². The van der Waals surface area contributed by atoms with Crippen LogP contribution >= 0.6 is 22.9 Å². The van der Waals surface area contributed by atoms with Crippen molar-refractivity contribution >= 4 is 22.9 Å². The van der Waals surface area contributed by atoms with Gasteiger partial charge in [0.2, 0.25) is 0 Å². The molecule has 2 aromatic heterocycles. The molecule has 0 unspecified atom stereocenters. The SMILES string of the molecule is Clc1ccccc1-c1nnc(-c2cccnc2)s1. The van der Waals surface area contributed by atoms with Crippen LogP contribution in [0, 0.1) is 0 Å². The van der Waals surface area contributed by atoms with Crippen LogP contribution in [0.3, 0.4) is 0 Å². The zero-order valence-corrected chi connectivity index (χ0v) is 10.8. The Hall–Kier alpha value is -1.78. The maximum atomic E-state index is 6.14. The van der Waals surface area contributed by atoms with Crippen LogP contribution in [0.1, 0.15) is 0 Å². The molecule has 3 rings (SSSR count). The molecule has 0 radical (unpaired) electrons. The van der Waals surface area contributed by atoms with Crippen LogP contribution in [-0.4, -0.2) is 15.2 Å². The zero-order valence-electron chi connectivity index (χ0n) is 9.25. The molecule has 0 N–H and O–H groups in total. The van der Waals surface area contributed by atoms with Crippen LogP contribution in [0.5, 0.6) is 0 Å². The van der Waals surface area contributed by atoms with Crippen molar-refractivity contribution in [2.75, 3.05) is 0 Å². The van der Waals surface area contributed by atoms with Crippen molar-refractivity contribution in [1.82, 2.24) is 15.2 Å². The van der Waals surface area contributed by atoms with Gasteiger partial charge in [0.25, 0.3) is 0 Å². The molecule has 1 aromatic carbocycles. The molecule has 18 heavy (non-hydrogen) atoms. The lowest BCUT2D eigenvalue weighted by molar-refractivity contribution is 1.10. The minimum absolute atomic E-state index is 0.686. The Morgan fingerprint density at radius 2 is 1.78 bits per heavy atom. The highest BCUT2D eigenvalue weighted by Gasteiger charge is 2.10. The number of aromatic nitrogens is 3. The van der Waals surface area contributed by atoms with Gasteiger partial charge >= 0.3 is 0 Å². The smallest absolute Gasteiger partial charge is 0.149 e. The first kappa shape index (κ1) is 11.3. The van der Waals surface area contributed by atoms with Crippen LogP contribution in [-0.2, 0) is 0 Å². The molecular formula is C13H8ClN3S. The molecule has 0 spiro atoms. The highest BCUT2D eigenvalue weighted by atomic mass is 35.5. The third kappa shape index (κ3) is 2.12. The monoisotopic (exact) mass is 273 g/mol. The fraction of sp³-hybridized carbons (Fsp3) is 0. The first-order valence-corrected chi connectivity index (χ1v) is 6.53. The van der Waals surface area contributed by atoms with Gasteiger partial charge in [-0.3, -0.25) is 4.98 Å². The molecule has 5 heteroatoms. The van der Waals surface area contributed by atoms with E-state index in [1.165, 1.54) is 11.3 Å². The topological polar surface area (TPSA) is 38.7 Å². The van der Waals surface area contributed by atoms with Gasteiger partial charge in [-0.1, -0.05) is 41.1 Å². The average Bonchev–Trinajstić information content (AvgIpc) is 2.90. The van der Waals surface area contributed by atoms with E-state index in [0.717, 1.165) is 21.1 Å². The fourth-order valence-corrected chi connectivity index (χ4v) is 2.73. The van der Waals surface area contributed by atoms with E-state index in [0.29, 0.717) is 5.02 Å². The first-order valence-electron chi connectivity index (χ1n) is 5.33. The highest BCUT2D eigenvalue weighted by Crippen LogP contribution is 2.33. The van der Waals surface area contributed by atoms with Gasteiger partial charge in [-0.05, 0) is 18.2 Å². The van der Waals surface area contributed by atoms with E-state index in [9.17, 15) is 0 Å². The Labute approximate surface area is 113 Å². The number of benzene rings is 1. The molecule has 3 aromatic rings. The fourth-order valence-electron chi connectivity index (χ4n) is 1.57. The lowest BCUT2D eigenvalue weighted by Crippen LogP contribution is -1.78. The molecule has 0 bridgehead atoms. The minimum Gasteiger partial charge on any atom is -0.264 e. The van der Waals surface area contributed by atoms with Crippen LogP contribution < -0.4 is 0 Å². The van der Waals surface area contributed by atoms with Crippen molar-refractivity contribution in [2.45, 2.75) is 0 Å². The van der Waals surface area contributed by atoms with Crippen molar-refractivity contribution in [3.63, 3.8) is 0 Å². The zero-order chi connectivity index (χ0) is 12.4. The van der Waals surface area contributed by atoms with E-state index >= 15 is 0 Å². The molecule has 2 heterocycles. The number of nitrogens with zero attached hydrogens (tertiary/aromatic N) is 3. The Bertz CT molecular complexity index is 667. The lowest BCUT2D eigenvalue weighted by Gasteiger charge is -1.97. The number of hydrogen-bond acceptors (Lipinski definition) is 4. The summed E-state index contributed by atoms with van der Waals surface area (Å²) >= 11 is 7.65. The highest BCUT2D eigenvalue weighted by molar-refractivity contribution is 7.18. The third-order valence-electron chi connectivity index (χ3n) is 2.44. The Balaban J connectivity index is 2.03. The summed E-state index contributed by atoms with van der Waals surface area (Å²) in [7, 11) is 0. The van der Waals surface area contributed by atoms with Crippen LogP contribution in [0.2, 0.25) is 5.02 Å². The molecule has 0 aliphatic carbocycles. The van der Waals surface area contributed by atoms with E-state index in [4.69, 9.17) is 11.6 Å². The van der Waals surface area contributed by atoms with E-state index in [1.807, 2.05) is 36.4 Å². The number of halogens is 1. The summed E-state index contributed by atoms with van der Waals surface area (Å²) in [6.07, 6.45) is 3.51. The molecular weight excluding hydrogens is 266 g/mol. The molecule has 0 saturated heterocycles. The van der Waals surface area contributed by atoms with Crippen molar-refractivity contribution in [3.8, 4) is 21.1 Å². The standard InChI is InChI=1S/C13H8ClN3S/c14-11-6-2-1-5-10(11)13-17-16-12(18-13)9-4-3-7-15-8-9/h1-8H. The Kier molecular flexibility index (Phi) is 3.04. The molecule has 0 atom stereocenters. The van der Waals surface area contributed by atoms with E-state index in [2.05, 4.69) is 15.2 Å². The maximum absolute atomic E-state index is 6.14. The molecule has 0 aliphatic rings. The van der Waals surface area contributed by atoms with Gasteiger partial charge < -0.3 is 0 Å². The van der Waals surface area contributed by atoms with Gasteiger partial charge in [-0.25, -0.2) is 0 Å². The normalized spacial score (nSPS) is 10.5. The summed E-state index contributed by atoms with van der Waals surface area (Å²) in [5, 5.41) is 10.7. The molecule has 0 saturated carbocycles. The summed E-state index contributed by atoms with van der Waals surface area (Å²) in [6, 6.07) is 11.5. The van der Waals surface area contributed by atoms with Crippen molar-refractivity contribution in [3.05, 3.63) is 53.8 Å². The third-order valence-corrected chi connectivity index (χ3v) is 3.77. The van der Waals surface area contributed by atoms with Gasteiger partial charge in [0.1, 0.15) is 10.0 Å². The van der Waals surface area contributed by atoms with Crippen LogP contribution in [0.4, 0.5) is 0 Å². The summed E-state index contributed by atoms with van der Waals surface area (Å²) in [4.78, 5) is 4.07. The van der Waals surface area contributed by atoms with Gasteiger partial charge in [0.05, 0.1) is 5.02 Å². The van der Waals surface area contributed by atoms with Gasteiger partial charge in [0, 0.05) is 23.5 Å². The summed E-state index contributed by atoms with van der Waals surface area (Å²) in [5.74, 6) is 0. The molecule has 0 amide bonds. The molecule has 3 nitrogen and oxygen atoms in total. The predicted octanol–water partition coefficient (Wildman–Crippen LogP) is 3.92. The van der Waals surface area contributed by atoms with Gasteiger partial charge in [-0.2, -0.15) is 0 Å². The van der Waals surface area contributed by atoms with E-state index < -0.39 is 0 Å². The number of rotatable bonds is 2. The maximum Gasteiger partial charge on any atom is 0.149 e. The second-order valence-corrected chi connectivity index (χ2v) is 5.02. The average molecular weight is 274 g/mol. The van der Waals surface area contributed by atoms with Crippen molar-refractivity contribution < 1.29 is 0 Å². The quantitative estimate of drug-likeness (QED) is 0.710. The lowest BCUT2D eigenvalue weighted by atomic mass is 10.2. The second kappa shape index (κ2) is 4.84. The molecule has 0 aliphatic heterocycles. The number of pyridine rings is 1. The largest absolute Gasteiger partial charge is 0.264 e. The van der Waals surface area contributed by atoms with Crippen molar-refractivity contribution in [1.29, 1.82) is 0 Å². The Morgan fingerprint density at radius 3 is 2.56 bits per heavy atom. The summed E-state index contributed by atoms with van der Waals surface area (Å²) in [5.41, 5.74) is 1.88. The molecule has 88 valence electrons. The summed E-state index contributed by atoms with van der Waals surface area (Å²) in [6.45, 7) is 0. The predicted molar refractivity (Wildman–Crippen MR) is 73.6 cm³/mol. The summed E-state index contributed by atoms with van der Waals surface area (Å²) < 4.78 is 0. The van der Waals surface area contributed by atoms with Gasteiger partial charge in [-0.15, -0.1) is 10.2 Å².